The molecule has 1 aliphatic heterocycles. The highest BCUT2D eigenvalue weighted by atomic mass is 35.5. The SMILES string of the molecule is FC(F)(F)c1c2n(c3ccc(Cl)cc13)C(c1ccccc1)(c1ccccc1)C1=CC=CC=CC12c1ccccc1. The van der Waals surface area contributed by atoms with E-state index in [4.69, 9.17) is 11.6 Å². The van der Waals surface area contributed by atoms with Crippen LogP contribution in [0.4, 0.5) is 13.2 Å². The van der Waals surface area contributed by atoms with Crippen molar-refractivity contribution in [3.8, 4) is 0 Å². The maximum Gasteiger partial charge on any atom is 0.418 e. The van der Waals surface area contributed by atoms with Crippen LogP contribution in [0.25, 0.3) is 10.9 Å². The molecular formula is C35H23ClF3N. The molecule has 5 heteroatoms. The zero-order valence-corrected chi connectivity index (χ0v) is 22.0. The van der Waals surface area contributed by atoms with Crippen molar-refractivity contribution in [3.05, 3.63) is 178 Å². The van der Waals surface area contributed by atoms with Crippen molar-refractivity contribution < 1.29 is 13.2 Å². The third-order valence-electron chi connectivity index (χ3n) is 8.18. The predicted molar refractivity (Wildman–Crippen MR) is 155 cm³/mol. The van der Waals surface area contributed by atoms with Crippen LogP contribution in [0.15, 0.2) is 145 Å². The molecule has 1 nitrogen and oxygen atoms in total. The van der Waals surface area contributed by atoms with Gasteiger partial charge in [-0.25, -0.2) is 0 Å². The van der Waals surface area contributed by atoms with Crippen molar-refractivity contribution in [2.75, 3.05) is 0 Å². The first kappa shape index (κ1) is 24.7. The lowest BCUT2D eigenvalue weighted by Gasteiger charge is -2.39. The first-order chi connectivity index (χ1) is 19.4. The fourth-order valence-corrected chi connectivity index (χ4v) is 7.00. The third-order valence-corrected chi connectivity index (χ3v) is 8.41. The molecule has 1 atom stereocenters. The zero-order chi connectivity index (χ0) is 27.5. The van der Waals surface area contributed by atoms with E-state index in [9.17, 15) is 0 Å². The number of alkyl halides is 3. The number of nitrogens with zero attached hydrogens (tertiary/aromatic N) is 1. The van der Waals surface area contributed by atoms with Crippen LogP contribution < -0.4 is 0 Å². The quantitative estimate of drug-likeness (QED) is 0.211. The molecule has 5 aromatic rings. The van der Waals surface area contributed by atoms with Crippen LogP contribution in [-0.4, -0.2) is 4.57 Å². The van der Waals surface area contributed by atoms with Gasteiger partial charge in [-0.1, -0.05) is 133 Å². The van der Waals surface area contributed by atoms with Crippen molar-refractivity contribution in [1.82, 2.24) is 4.57 Å². The van der Waals surface area contributed by atoms with Crippen LogP contribution in [0.1, 0.15) is 27.9 Å². The molecule has 7 rings (SSSR count). The molecule has 4 aromatic carbocycles. The Labute approximate surface area is 235 Å². The number of fused-ring (bicyclic) bond motifs is 5. The van der Waals surface area contributed by atoms with Crippen LogP contribution in [0, 0.1) is 0 Å². The summed E-state index contributed by atoms with van der Waals surface area (Å²) in [5, 5.41) is 0.348. The maximum atomic E-state index is 15.4. The monoisotopic (exact) mass is 549 g/mol. The van der Waals surface area contributed by atoms with E-state index in [0.29, 0.717) is 5.52 Å². The molecule has 0 saturated heterocycles. The molecule has 1 unspecified atom stereocenters. The lowest BCUT2D eigenvalue weighted by atomic mass is 9.64. The molecule has 0 bridgehead atoms. The van der Waals surface area contributed by atoms with Crippen LogP contribution in [0.3, 0.4) is 0 Å². The number of allylic oxidation sites excluding steroid dienone is 6. The van der Waals surface area contributed by atoms with E-state index in [-0.39, 0.29) is 16.1 Å². The second-order valence-corrected chi connectivity index (χ2v) is 10.6. The van der Waals surface area contributed by atoms with Crippen molar-refractivity contribution in [3.63, 3.8) is 0 Å². The summed E-state index contributed by atoms with van der Waals surface area (Å²) < 4.78 is 48.2. The Kier molecular flexibility index (Phi) is 5.48. The number of benzene rings is 4. The van der Waals surface area contributed by atoms with E-state index in [1.807, 2.05) is 126 Å². The van der Waals surface area contributed by atoms with Crippen molar-refractivity contribution in [1.29, 1.82) is 0 Å². The number of hydrogen-bond acceptors (Lipinski definition) is 0. The normalized spacial score (nSPS) is 19.2. The number of halogens is 4. The van der Waals surface area contributed by atoms with Gasteiger partial charge >= 0.3 is 6.18 Å². The zero-order valence-electron chi connectivity index (χ0n) is 21.2. The molecule has 0 fully saturated rings. The molecule has 40 heavy (non-hydrogen) atoms. The summed E-state index contributed by atoms with van der Waals surface area (Å²) in [7, 11) is 0. The van der Waals surface area contributed by atoms with Crippen LogP contribution in [0.2, 0.25) is 5.02 Å². The highest BCUT2D eigenvalue weighted by Crippen LogP contribution is 2.64. The van der Waals surface area contributed by atoms with Gasteiger partial charge in [0.1, 0.15) is 5.54 Å². The minimum atomic E-state index is -4.65. The molecule has 0 saturated carbocycles. The van der Waals surface area contributed by atoms with E-state index < -0.39 is 22.7 Å². The second-order valence-electron chi connectivity index (χ2n) is 10.2. The van der Waals surface area contributed by atoms with Crippen LogP contribution >= 0.6 is 11.6 Å². The van der Waals surface area contributed by atoms with E-state index >= 15 is 13.2 Å². The van der Waals surface area contributed by atoms with Gasteiger partial charge in [-0.15, -0.1) is 0 Å². The maximum absolute atomic E-state index is 15.4. The van der Waals surface area contributed by atoms with E-state index in [0.717, 1.165) is 22.3 Å². The van der Waals surface area contributed by atoms with Crippen molar-refractivity contribution in [2.45, 2.75) is 17.1 Å². The van der Waals surface area contributed by atoms with Gasteiger partial charge in [-0.3, -0.25) is 0 Å². The average molecular weight is 550 g/mol. The Hall–Kier alpha value is -4.28. The number of aromatic nitrogens is 1. The Morgan fingerprint density at radius 3 is 1.80 bits per heavy atom. The van der Waals surface area contributed by atoms with Gasteiger partial charge < -0.3 is 4.57 Å². The van der Waals surface area contributed by atoms with E-state index in [1.54, 1.807) is 12.1 Å². The fourth-order valence-electron chi connectivity index (χ4n) is 6.83. The third kappa shape index (κ3) is 3.23. The molecule has 0 N–H and O–H groups in total. The summed E-state index contributed by atoms with van der Waals surface area (Å²) in [4.78, 5) is 0. The highest BCUT2D eigenvalue weighted by molar-refractivity contribution is 6.31. The molecule has 0 radical (unpaired) electrons. The van der Waals surface area contributed by atoms with E-state index in [2.05, 4.69) is 0 Å². The van der Waals surface area contributed by atoms with Crippen molar-refractivity contribution >= 4 is 22.5 Å². The summed E-state index contributed by atoms with van der Waals surface area (Å²) in [6.07, 6.45) is 4.95. The van der Waals surface area contributed by atoms with Crippen molar-refractivity contribution in [2.24, 2.45) is 0 Å². The summed E-state index contributed by atoms with van der Waals surface area (Å²) in [6, 6.07) is 34.0. The molecule has 1 aromatic heterocycles. The summed E-state index contributed by atoms with van der Waals surface area (Å²) in [5.41, 5.74) is 0.992. The van der Waals surface area contributed by atoms with Gasteiger partial charge in [0.05, 0.1) is 22.2 Å². The van der Waals surface area contributed by atoms with Gasteiger partial charge in [0, 0.05) is 10.4 Å². The fraction of sp³-hybridized carbons (Fsp3) is 0.0857. The standard InChI is InChI=1S/C35H23ClF3N/c36-27-20-21-29-28(23-27)31(35(37,38)39)32-33(24-13-5-1-6-14-24)22-12-4-11-19-30(33)34(40(29)32,25-15-7-2-8-16-25)26-17-9-3-10-18-26/h1-23H. The first-order valence-electron chi connectivity index (χ1n) is 13.1. The Morgan fingerprint density at radius 1 is 0.650 bits per heavy atom. The second kappa shape index (κ2) is 8.87. The molecule has 0 spiro atoms. The highest BCUT2D eigenvalue weighted by Gasteiger charge is 2.62. The average Bonchev–Trinajstić information content (AvgIpc) is 3.32. The van der Waals surface area contributed by atoms with Gasteiger partial charge in [0.2, 0.25) is 0 Å². The smallest absolute Gasteiger partial charge is 0.324 e. The van der Waals surface area contributed by atoms with Gasteiger partial charge in [0.25, 0.3) is 0 Å². The van der Waals surface area contributed by atoms with E-state index in [1.165, 1.54) is 6.07 Å². The van der Waals surface area contributed by atoms with Gasteiger partial charge in [-0.2, -0.15) is 13.2 Å². The Bertz CT molecular complexity index is 1790. The topological polar surface area (TPSA) is 4.93 Å². The van der Waals surface area contributed by atoms with Gasteiger partial charge in [-0.05, 0) is 40.5 Å². The lowest BCUT2D eigenvalue weighted by Crippen LogP contribution is -2.38. The summed E-state index contributed by atoms with van der Waals surface area (Å²) >= 11 is 6.37. The molecule has 196 valence electrons. The lowest BCUT2D eigenvalue weighted by molar-refractivity contribution is -0.137. The Morgan fingerprint density at radius 2 is 1.23 bits per heavy atom. The molecule has 0 amide bonds. The molecule has 2 heterocycles. The summed E-state index contributed by atoms with van der Waals surface area (Å²) in [5.74, 6) is 0. The minimum absolute atomic E-state index is 0.0891. The number of rotatable bonds is 3. The van der Waals surface area contributed by atoms with Crippen LogP contribution in [0.5, 0.6) is 0 Å². The predicted octanol–water partition coefficient (Wildman–Crippen LogP) is 9.46. The summed E-state index contributed by atoms with van der Waals surface area (Å²) in [6.45, 7) is 0. The molecule has 1 aliphatic carbocycles. The number of hydrogen-bond donors (Lipinski definition) is 0. The first-order valence-corrected chi connectivity index (χ1v) is 13.4. The van der Waals surface area contributed by atoms with Gasteiger partial charge in [0.15, 0.2) is 0 Å². The molecule has 2 aliphatic rings. The minimum Gasteiger partial charge on any atom is -0.324 e. The van der Waals surface area contributed by atoms with Crippen LogP contribution in [-0.2, 0) is 17.1 Å². The Balaban J connectivity index is 1.82. The largest absolute Gasteiger partial charge is 0.418 e. The molecular weight excluding hydrogens is 527 g/mol.